The summed E-state index contributed by atoms with van der Waals surface area (Å²) >= 11 is 2.38. The van der Waals surface area contributed by atoms with E-state index in [0.29, 0.717) is 0 Å². The van der Waals surface area contributed by atoms with Gasteiger partial charge in [-0.3, -0.25) is 4.90 Å². The first-order valence-electron chi connectivity index (χ1n) is 7.97. The summed E-state index contributed by atoms with van der Waals surface area (Å²) in [5, 5.41) is 0. The molecule has 0 spiro atoms. The summed E-state index contributed by atoms with van der Waals surface area (Å²) in [5.41, 5.74) is 1.40. The summed E-state index contributed by atoms with van der Waals surface area (Å²) in [7, 11) is 0. The summed E-state index contributed by atoms with van der Waals surface area (Å²) in [4.78, 5) is 5.33. The lowest BCUT2D eigenvalue weighted by Gasteiger charge is -2.42. The molecule has 2 aliphatic rings. The third-order valence-electron chi connectivity index (χ3n) is 4.92. The van der Waals surface area contributed by atoms with Crippen molar-refractivity contribution in [3.63, 3.8) is 0 Å². The lowest BCUT2D eigenvalue weighted by atomic mass is 9.95. The Balaban J connectivity index is 1.63. The molecule has 20 heavy (non-hydrogen) atoms. The monoisotopic (exact) mass is 384 g/mol. The van der Waals surface area contributed by atoms with Gasteiger partial charge in [-0.05, 0) is 91.5 Å². The number of nitrogens with zero attached hydrogens (tertiary/aromatic N) is 2. The number of anilines is 1. The summed E-state index contributed by atoms with van der Waals surface area (Å²) in [6.07, 6.45) is 5.50. The molecule has 0 N–H and O–H groups in total. The standard InChI is InChI=1S/C17H25IN2/c1-14-8-11-19(12-9-14)17-3-2-10-20(13-17)16-6-4-15(18)5-7-16/h4-7,14,17H,2-3,8-13H2,1H3/t17-/m1/s1. The molecular weight excluding hydrogens is 359 g/mol. The maximum absolute atomic E-state index is 2.75. The van der Waals surface area contributed by atoms with E-state index in [1.54, 1.807) is 0 Å². The van der Waals surface area contributed by atoms with Crippen molar-refractivity contribution in [3.05, 3.63) is 27.8 Å². The number of hydrogen-bond donors (Lipinski definition) is 0. The van der Waals surface area contributed by atoms with Crippen molar-refractivity contribution in [2.24, 2.45) is 5.92 Å². The van der Waals surface area contributed by atoms with Gasteiger partial charge in [-0.15, -0.1) is 0 Å². The van der Waals surface area contributed by atoms with E-state index < -0.39 is 0 Å². The van der Waals surface area contributed by atoms with Gasteiger partial charge in [-0.25, -0.2) is 0 Å². The summed E-state index contributed by atoms with van der Waals surface area (Å²) in [6, 6.07) is 9.78. The first kappa shape index (κ1) is 14.6. The van der Waals surface area contributed by atoms with Gasteiger partial charge in [0.2, 0.25) is 0 Å². The normalized spacial score (nSPS) is 25.9. The predicted octanol–water partition coefficient (Wildman–Crippen LogP) is 3.99. The second kappa shape index (κ2) is 6.65. The highest BCUT2D eigenvalue weighted by Gasteiger charge is 2.27. The maximum Gasteiger partial charge on any atom is 0.0367 e. The minimum absolute atomic E-state index is 0.774. The number of likely N-dealkylation sites (tertiary alicyclic amines) is 1. The zero-order chi connectivity index (χ0) is 13.9. The van der Waals surface area contributed by atoms with E-state index in [4.69, 9.17) is 0 Å². The van der Waals surface area contributed by atoms with Crippen LogP contribution < -0.4 is 4.90 Å². The number of benzene rings is 1. The van der Waals surface area contributed by atoms with Gasteiger partial charge >= 0.3 is 0 Å². The van der Waals surface area contributed by atoms with Crippen LogP contribution in [0.2, 0.25) is 0 Å². The van der Waals surface area contributed by atoms with Crippen LogP contribution in [-0.4, -0.2) is 37.1 Å². The molecule has 0 bridgehead atoms. The fourth-order valence-electron chi connectivity index (χ4n) is 3.53. The van der Waals surface area contributed by atoms with Crippen LogP contribution in [0.3, 0.4) is 0 Å². The molecule has 2 saturated heterocycles. The molecule has 3 rings (SSSR count). The van der Waals surface area contributed by atoms with E-state index in [9.17, 15) is 0 Å². The Labute approximate surface area is 136 Å². The van der Waals surface area contributed by atoms with Crippen molar-refractivity contribution in [2.45, 2.75) is 38.6 Å². The van der Waals surface area contributed by atoms with Gasteiger partial charge in [0.15, 0.2) is 0 Å². The van der Waals surface area contributed by atoms with Gasteiger partial charge in [-0.2, -0.15) is 0 Å². The van der Waals surface area contributed by atoms with Gasteiger partial charge in [0, 0.05) is 28.4 Å². The Kier molecular flexibility index (Phi) is 4.87. The molecule has 2 heterocycles. The van der Waals surface area contributed by atoms with Crippen molar-refractivity contribution < 1.29 is 0 Å². The zero-order valence-corrected chi connectivity index (χ0v) is 14.6. The number of rotatable bonds is 2. The minimum Gasteiger partial charge on any atom is -0.370 e. The zero-order valence-electron chi connectivity index (χ0n) is 12.4. The van der Waals surface area contributed by atoms with E-state index in [2.05, 4.69) is 63.6 Å². The molecule has 110 valence electrons. The Hall–Kier alpha value is -0.290. The van der Waals surface area contributed by atoms with Gasteiger partial charge in [0.1, 0.15) is 0 Å². The maximum atomic E-state index is 2.75. The first-order valence-corrected chi connectivity index (χ1v) is 9.05. The van der Waals surface area contributed by atoms with Crippen LogP contribution in [0, 0.1) is 9.49 Å². The molecule has 1 aromatic carbocycles. The number of halogens is 1. The molecule has 2 nitrogen and oxygen atoms in total. The van der Waals surface area contributed by atoms with Crippen molar-refractivity contribution >= 4 is 28.3 Å². The molecule has 1 aromatic rings. The summed E-state index contributed by atoms with van der Waals surface area (Å²) < 4.78 is 1.32. The average molecular weight is 384 g/mol. The smallest absolute Gasteiger partial charge is 0.0367 e. The molecule has 2 fully saturated rings. The third-order valence-corrected chi connectivity index (χ3v) is 5.64. The molecule has 0 radical (unpaired) electrons. The van der Waals surface area contributed by atoms with Gasteiger partial charge in [0.05, 0.1) is 0 Å². The molecule has 0 amide bonds. The number of hydrogen-bond acceptors (Lipinski definition) is 2. The Morgan fingerprint density at radius 2 is 1.70 bits per heavy atom. The van der Waals surface area contributed by atoms with Crippen LogP contribution in [0.5, 0.6) is 0 Å². The average Bonchev–Trinajstić information content (AvgIpc) is 2.49. The summed E-state index contributed by atoms with van der Waals surface area (Å²) in [5.74, 6) is 0.933. The van der Waals surface area contributed by atoms with Crippen molar-refractivity contribution in [3.8, 4) is 0 Å². The van der Waals surface area contributed by atoms with E-state index in [-0.39, 0.29) is 0 Å². The van der Waals surface area contributed by atoms with Crippen LogP contribution in [0.1, 0.15) is 32.6 Å². The highest BCUT2D eigenvalue weighted by Crippen LogP contribution is 2.26. The molecule has 3 heteroatoms. The quantitative estimate of drug-likeness (QED) is 0.712. The van der Waals surface area contributed by atoms with Crippen LogP contribution >= 0.6 is 22.6 Å². The first-order chi connectivity index (χ1) is 9.72. The van der Waals surface area contributed by atoms with Crippen molar-refractivity contribution in [1.29, 1.82) is 0 Å². The fourth-order valence-corrected chi connectivity index (χ4v) is 3.89. The minimum atomic E-state index is 0.774. The lowest BCUT2D eigenvalue weighted by Crippen LogP contribution is -2.50. The van der Waals surface area contributed by atoms with Crippen LogP contribution in [0.15, 0.2) is 24.3 Å². The second-order valence-corrected chi connectivity index (χ2v) is 7.68. The molecule has 2 aliphatic heterocycles. The van der Waals surface area contributed by atoms with E-state index >= 15 is 0 Å². The van der Waals surface area contributed by atoms with Crippen LogP contribution in [0.4, 0.5) is 5.69 Å². The Morgan fingerprint density at radius 1 is 1.00 bits per heavy atom. The molecule has 0 unspecified atom stereocenters. The topological polar surface area (TPSA) is 6.48 Å². The van der Waals surface area contributed by atoms with Crippen molar-refractivity contribution in [2.75, 3.05) is 31.1 Å². The fraction of sp³-hybridized carbons (Fsp3) is 0.647. The SMILES string of the molecule is CC1CCN([C@@H]2CCCN(c3ccc(I)cc3)C2)CC1. The largest absolute Gasteiger partial charge is 0.370 e. The lowest BCUT2D eigenvalue weighted by molar-refractivity contribution is 0.125. The van der Waals surface area contributed by atoms with E-state index in [0.717, 1.165) is 12.0 Å². The Morgan fingerprint density at radius 3 is 2.40 bits per heavy atom. The number of piperidine rings is 2. The van der Waals surface area contributed by atoms with E-state index in [1.165, 1.54) is 61.1 Å². The molecule has 1 atom stereocenters. The molecule has 0 aromatic heterocycles. The molecule has 0 aliphatic carbocycles. The van der Waals surface area contributed by atoms with Gasteiger partial charge < -0.3 is 4.90 Å². The van der Waals surface area contributed by atoms with Crippen LogP contribution in [-0.2, 0) is 0 Å². The summed E-state index contributed by atoms with van der Waals surface area (Å²) in [6.45, 7) is 7.46. The van der Waals surface area contributed by atoms with Crippen molar-refractivity contribution in [1.82, 2.24) is 4.90 Å². The highest BCUT2D eigenvalue weighted by atomic mass is 127. The molecule has 0 saturated carbocycles. The molecular formula is C17H25IN2. The Bertz CT molecular complexity index is 423. The van der Waals surface area contributed by atoms with Gasteiger partial charge in [-0.1, -0.05) is 6.92 Å². The highest BCUT2D eigenvalue weighted by molar-refractivity contribution is 14.1. The van der Waals surface area contributed by atoms with E-state index in [1.807, 2.05) is 0 Å². The third kappa shape index (κ3) is 3.48. The predicted molar refractivity (Wildman–Crippen MR) is 94.4 cm³/mol. The van der Waals surface area contributed by atoms with Crippen LogP contribution in [0.25, 0.3) is 0 Å². The second-order valence-electron chi connectivity index (χ2n) is 6.44. The van der Waals surface area contributed by atoms with Gasteiger partial charge in [0.25, 0.3) is 0 Å².